The minimum absolute atomic E-state index is 0.258. The summed E-state index contributed by atoms with van der Waals surface area (Å²) < 4.78 is 5.34. The van der Waals surface area contributed by atoms with Gasteiger partial charge in [-0.25, -0.2) is 0 Å². The topological polar surface area (TPSA) is 50.1 Å². The number of ether oxygens (including phenoxy) is 1. The molecule has 0 atom stereocenters. The first-order valence-corrected chi connectivity index (χ1v) is 9.10. The number of hydrogen-bond donors (Lipinski definition) is 0. The van der Waals surface area contributed by atoms with Crippen LogP contribution in [0.1, 0.15) is 16.0 Å². The van der Waals surface area contributed by atoms with E-state index < -0.39 is 0 Å². The number of carbonyl (C=O) groups is 1. The van der Waals surface area contributed by atoms with Gasteiger partial charge in [-0.05, 0) is 52.9 Å². The van der Waals surface area contributed by atoms with Crippen LogP contribution in [-0.2, 0) is 11.2 Å². The third-order valence-corrected chi connectivity index (χ3v) is 4.73. The highest BCUT2D eigenvalue weighted by molar-refractivity contribution is 7.10. The van der Waals surface area contributed by atoms with E-state index in [-0.39, 0.29) is 12.4 Å². The van der Waals surface area contributed by atoms with Crippen molar-refractivity contribution in [1.29, 1.82) is 5.26 Å². The molecule has 0 aliphatic carbocycles. The van der Waals surface area contributed by atoms with Crippen molar-refractivity contribution < 1.29 is 9.53 Å². The molecule has 0 fully saturated rings. The SMILES string of the molecule is N#C/C(=C/c1ccc(OC(=O)Cc2cccs2)cc1)c1ccc(Cl)cc1. The van der Waals surface area contributed by atoms with Crippen molar-refractivity contribution in [1.82, 2.24) is 0 Å². The molecule has 3 nitrogen and oxygen atoms in total. The van der Waals surface area contributed by atoms with Gasteiger partial charge in [-0.1, -0.05) is 41.9 Å². The smallest absolute Gasteiger partial charge is 0.316 e. The van der Waals surface area contributed by atoms with Crippen LogP contribution >= 0.6 is 22.9 Å². The minimum atomic E-state index is -0.297. The van der Waals surface area contributed by atoms with Gasteiger partial charge < -0.3 is 4.74 Å². The zero-order valence-electron chi connectivity index (χ0n) is 13.7. The minimum Gasteiger partial charge on any atom is -0.426 e. The summed E-state index contributed by atoms with van der Waals surface area (Å²) >= 11 is 7.40. The Balaban J connectivity index is 1.69. The van der Waals surface area contributed by atoms with Crippen molar-refractivity contribution in [2.75, 3.05) is 0 Å². The molecule has 128 valence electrons. The fraction of sp³-hybridized carbons (Fsp3) is 0.0476. The van der Waals surface area contributed by atoms with E-state index in [0.29, 0.717) is 16.3 Å². The summed E-state index contributed by atoms with van der Waals surface area (Å²) in [5.74, 6) is 0.184. The molecular formula is C21H14ClNO2S. The summed E-state index contributed by atoms with van der Waals surface area (Å²) in [5.41, 5.74) is 2.17. The number of esters is 1. The lowest BCUT2D eigenvalue weighted by atomic mass is 10.0. The average Bonchev–Trinajstić information content (AvgIpc) is 3.15. The third kappa shape index (κ3) is 4.82. The van der Waals surface area contributed by atoms with Gasteiger partial charge in [-0.3, -0.25) is 4.79 Å². The lowest BCUT2D eigenvalue weighted by Crippen LogP contribution is -2.10. The normalized spacial score (nSPS) is 11.0. The first kappa shape index (κ1) is 17.9. The number of nitriles is 1. The highest BCUT2D eigenvalue weighted by Gasteiger charge is 2.07. The molecule has 0 saturated heterocycles. The number of rotatable bonds is 5. The van der Waals surface area contributed by atoms with Gasteiger partial charge in [0.15, 0.2) is 0 Å². The molecule has 0 amide bonds. The van der Waals surface area contributed by atoms with E-state index in [1.165, 1.54) is 11.3 Å². The zero-order chi connectivity index (χ0) is 18.4. The van der Waals surface area contributed by atoms with Crippen LogP contribution in [0, 0.1) is 11.3 Å². The van der Waals surface area contributed by atoms with E-state index in [0.717, 1.165) is 16.0 Å². The number of thiophene rings is 1. The standard InChI is InChI=1S/C21H14ClNO2S/c22-18-7-5-16(6-8-18)17(14-23)12-15-3-9-19(10-4-15)25-21(24)13-20-2-1-11-26-20/h1-12H,13H2/b17-12-. The third-order valence-electron chi connectivity index (χ3n) is 3.60. The summed E-state index contributed by atoms with van der Waals surface area (Å²) in [6, 6.07) is 20.2. The molecule has 0 spiro atoms. The monoisotopic (exact) mass is 379 g/mol. The first-order valence-electron chi connectivity index (χ1n) is 7.85. The van der Waals surface area contributed by atoms with E-state index in [9.17, 15) is 10.1 Å². The largest absolute Gasteiger partial charge is 0.426 e. The van der Waals surface area contributed by atoms with E-state index in [1.807, 2.05) is 17.5 Å². The maximum absolute atomic E-state index is 11.9. The summed E-state index contributed by atoms with van der Waals surface area (Å²) in [7, 11) is 0. The van der Waals surface area contributed by atoms with Crippen LogP contribution in [0.15, 0.2) is 66.0 Å². The molecule has 1 heterocycles. The Morgan fingerprint density at radius 3 is 2.46 bits per heavy atom. The van der Waals surface area contributed by atoms with E-state index in [4.69, 9.17) is 16.3 Å². The molecule has 2 aromatic carbocycles. The fourth-order valence-corrected chi connectivity index (χ4v) is 3.15. The van der Waals surface area contributed by atoms with Crippen LogP contribution in [-0.4, -0.2) is 5.97 Å². The van der Waals surface area contributed by atoms with Crippen LogP contribution in [0.25, 0.3) is 11.6 Å². The number of nitrogens with zero attached hydrogens (tertiary/aromatic N) is 1. The van der Waals surface area contributed by atoms with Crippen molar-refractivity contribution in [3.8, 4) is 11.8 Å². The second kappa shape index (κ2) is 8.48. The Bertz CT molecular complexity index is 953. The van der Waals surface area contributed by atoms with Crippen LogP contribution in [0.5, 0.6) is 5.75 Å². The Labute approximate surface area is 160 Å². The van der Waals surface area contributed by atoms with Crippen molar-refractivity contribution in [3.05, 3.63) is 87.1 Å². The van der Waals surface area contributed by atoms with Crippen LogP contribution in [0.3, 0.4) is 0 Å². The van der Waals surface area contributed by atoms with Crippen molar-refractivity contribution in [3.63, 3.8) is 0 Å². The van der Waals surface area contributed by atoms with Gasteiger partial charge in [0.25, 0.3) is 0 Å². The van der Waals surface area contributed by atoms with Crippen molar-refractivity contribution in [2.24, 2.45) is 0 Å². The number of hydrogen-bond acceptors (Lipinski definition) is 4. The Kier molecular flexibility index (Phi) is 5.85. The summed E-state index contributed by atoms with van der Waals surface area (Å²) in [6.45, 7) is 0. The van der Waals surface area contributed by atoms with Crippen LogP contribution < -0.4 is 4.74 Å². The number of halogens is 1. The number of benzene rings is 2. The van der Waals surface area contributed by atoms with Gasteiger partial charge in [0.1, 0.15) is 5.75 Å². The second-order valence-corrected chi connectivity index (χ2v) is 6.94. The van der Waals surface area contributed by atoms with Gasteiger partial charge in [-0.15, -0.1) is 11.3 Å². The molecule has 0 unspecified atom stereocenters. The molecule has 0 aliphatic heterocycles. The number of carbonyl (C=O) groups excluding carboxylic acids is 1. The molecular weight excluding hydrogens is 366 g/mol. The Morgan fingerprint density at radius 2 is 1.85 bits per heavy atom. The number of allylic oxidation sites excluding steroid dienone is 1. The van der Waals surface area contributed by atoms with Gasteiger partial charge >= 0.3 is 5.97 Å². The Morgan fingerprint density at radius 1 is 1.12 bits per heavy atom. The van der Waals surface area contributed by atoms with Gasteiger partial charge in [-0.2, -0.15) is 5.26 Å². The van der Waals surface area contributed by atoms with Gasteiger partial charge in [0.2, 0.25) is 0 Å². The predicted octanol–water partition coefficient (Wildman–Crippen LogP) is 5.61. The van der Waals surface area contributed by atoms with Crippen molar-refractivity contribution >= 4 is 40.6 Å². The molecule has 26 heavy (non-hydrogen) atoms. The zero-order valence-corrected chi connectivity index (χ0v) is 15.3. The highest BCUT2D eigenvalue weighted by Crippen LogP contribution is 2.21. The lowest BCUT2D eigenvalue weighted by Gasteiger charge is -2.04. The molecule has 3 rings (SSSR count). The Hall–Kier alpha value is -2.87. The van der Waals surface area contributed by atoms with E-state index in [1.54, 1.807) is 54.6 Å². The second-order valence-electron chi connectivity index (χ2n) is 5.48. The maximum atomic E-state index is 11.9. The summed E-state index contributed by atoms with van der Waals surface area (Å²) in [5, 5.41) is 11.9. The average molecular weight is 380 g/mol. The molecule has 1 aromatic heterocycles. The first-order chi connectivity index (χ1) is 12.6. The van der Waals surface area contributed by atoms with E-state index in [2.05, 4.69) is 6.07 Å². The summed E-state index contributed by atoms with van der Waals surface area (Å²) in [6.07, 6.45) is 2.04. The molecule has 0 N–H and O–H groups in total. The molecule has 0 saturated carbocycles. The quantitative estimate of drug-likeness (QED) is 0.250. The van der Waals surface area contributed by atoms with Crippen LogP contribution in [0.2, 0.25) is 5.02 Å². The molecule has 3 aromatic rings. The van der Waals surface area contributed by atoms with Crippen LogP contribution in [0.4, 0.5) is 0 Å². The van der Waals surface area contributed by atoms with Crippen molar-refractivity contribution in [2.45, 2.75) is 6.42 Å². The molecule has 5 heteroatoms. The predicted molar refractivity (Wildman–Crippen MR) is 105 cm³/mol. The van der Waals surface area contributed by atoms with Gasteiger partial charge in [0, 0.05) is 9.90 Å². The molecule has 0 bridgehead atoms. The highest BCUT2D eigenvalue weighted by atomic mass is 35.5. The lowest BCUT2D eigenvalue weighted by molar-refractivity contribution is -0.133. The molecule has 0 radical (unpaired) electrons. The molecule has 0 aliphatic rings. The maximum Gasteiger partial charge on any atom is 0.316 e. The fourth-order valence-electron chi connectivity index (χ4n) is 2.33. The summed E-state index contributed by atoms with van der Waals surface area (Å²) in [4.78, 5) is 12.9. The van der Waals surface area contributed by atoms with E-state index >= 15 is 0 Å². The van der Waals surface area contributed by atoms with Gasteiger partial charge in [0.05, 0.1) is 18.1 Å².